The van der Waals surface area contributed by atoms with Gasteiger partial charge >= 0.3 is 90.8 Å². The van der Waals surface area contributed by atoms with Crippen LogP contribution in [0.5, 0.6) is 0 Å². The fraction of sp³-hybridized carbons (Fsp3) is 0.120. The molecule has 19 rings (SSSR count). The maximum Gasteiger partial charge on any atom is 2.00 e. The molecule has 0 unspecified atom stereocenters. The Morgan fingerprint density at radius 3 is 0.875 bits per heavy atom. The van der Waals surface area contributed by atoms with Crippen LogP contribution in [0, 0.1) is 72.7 Å². The van der Waals surface area contributed by atoms with Crippen LogP contribution < -0.4 is 19.8 Å². The van der Waals surface area contributed by atoms with Crippen molar-refractivity contribution in [3.8, 4) is 90.2 Å². The first-order chi connectivity index (χ1) is 67.2. The number of aryl methyl sites for hydroxylation is 1. The Morgan fingerprint density at radius 2 is 0.583 bits per heavy atom. The van der Waals surface area contributed by atoms with Gasteiger partial charge in [-0.2, -0.15) is 26.3 Å². The molecule has 0 saturated heterocycles. The number of hydrogen-bond acceptors (Lipinski definition) is 12. The predicted molar refractivity (Wildman–Crippen MR) is 529 cm³/mol. The van der Waals surface area contributed by atoms with Crippen LogP contribution in [-0.4, -0.2) is 45.0 Å². The monoisotopic (exact) mass is 2330 g/mol. The molecule has 27 heteroatoms. The number of anilines is 9. The summed E-state index contributed by atoms with van der Waals surface area (Å²) in [5.74, 6) is 0.902. The topological polar surface area (TPSA) is 140 Å². The van der Waals surface area contributed by atoms with E-state index in [1.807, 2.05) is 310 Å². The van der Waals surface area contributed by atoms with E-state index in [0.717, 1.165) is 133 Å². The van der Waals surface area contributed by atoms with E-state index in [4.69, 9.17) is 29.9 Å². The number of nitrogens with zero attached hydrogens (tertiary/aromatic N) is 13. The second-order valence-corrected chi connectivity index (χ2v) is 34.9. The molecule has 10 aromatic carbocycles. The summed E-state index contributed by atoms with van der Waals surface area (Å²) in [5.41, 5.74) is 11.4. The molecule has 13 nitrogen and oxygen atoms in total. The van der Waals surface area contributed by atoms with Gasteiger partial charge in [-0.25, -0.2) is 0 Å². The van der Waals surface area contributed by atoms with E-state index in [1.54, 1.807) is 54.3 Å². The van der Waals surface area contributed by atoms with Gasteiger partial charge < -0.3 is 15.2 Å². The van der Waals surface area contributed by atoms with Crippen molar-refractivity contribution in [1.82, 2.24) is 50.1 Å². The van der Waals surface area contributed by atoms with Crippen molar-refractivity contribution < 1.29 is 122 Å². The van der Waals surface area contributed by atoms with Crippen LogP contribution >= 0.6 is 0 Å². The molecule has 0 spiro atoms. The van der Waals surface area contributed by atoms with Crippen LogP contribution in [0.15, 0.2) is 364 Å². The largest absolute Gasteiger partial charge is 2.00 e. The SMILES string of the molecule is Cc1cc(C(F)(F)F)c[c-]c1-c1cc(C(C)(C)C)cc(C(C)(C)c2cc(C(C)(C)C)cc(-c3cc(C(F)(F)F)n[n-]3)n2)n1.Fc1c[c-]c(-c2cccc(N(c3ccccc3)c3cccc(-c4[c-]cc(F)cc4F)n3)n2)c(F)c1.[Ni+2].[Pd+2].[Pd+2].[Pt+2].[c-]1ccccc1-c1cccc(N(c2ccccc2)c2cccc(-c3[c-]cccc3)n2)n1.[c-]1ccccc1-c1cccc(N(c2ccccc2)c2cccc(-c3[c-]cccc3)n2)n1. The van der Waals surface area contributed by atoms with Crippen molar-refractivity contribution in [2.24, 2.45) is 0 Å². The van der Waals surface area contributed by atoms with Crippen LogP contribution in [-0.2, 0) is 107 Å². The summed E-state index contributed by atoms with van der Waals surface area (Å²) in [6, 6.07) is 130. The Balaban J connectivity index is 0.000000171. The Bertz CT molecular complexity index is 7040. The number of rotatable bonds is 19. The zero-order valence-electron chi connectivity index (χ0n) is 78.5. The van der Waals surface area contributed by atoms with Crippen molar-refractivity contribution in [2.75, 3.05) is 14.7 Å². The first kappa shape index (κ1) is 109. The first-order valence-corrected chi connectivity index (χ1v) is 44.5. The van der Waals surface area contributed by atoms with E-state index >= 15 is 0 Å². The van der Waals surface area contributed by atoms with E-state index in [9.17, 15) is 43.9 Å². The molecule has 144 heavy (non-hydrogen) atoms. The maximum absolute atomic E-state index is 14.4. The van der Waals surface area contributed by atoms with Crippen molar-refractivity contribution in [1.29, 1.82) is 0 Å². The van der Waals surface area contributed by atoms with Gasteiger partial charge in [-0.1, -0.05) is 211 Å². The van der Waals surface area contributed by atoms with Crippen molar-refractivity contribution >= 4 is 52.0 Å². The number of pyridine rings is 8. The molecule has 0 bridgehead atoms. The molecule has 0 aliphatic heterocycles. The van der Waals surface area contributed by atoms with Crippen LogP contribution in [0.25, 0.3) is 90.2 Å². The summed E-state index contributed by atoms with van der Waals surface area (Å²) in [5, 5.41) is 7.09. The average molecular weight is 2330 g/mol. The van der Waals surface area contributed by atoms with Gasteiger partial charge in [0, 0.05) is 51.4 Å². The van der Waals surface area contributed by atoms with Gasteiger partial charge in [-0.3, -0.25) is 67.1 Å². The third-order valence-electron chi connectivity index (χ3n) is 22.5. The zero-order valence-corrected chi connectivity index (χ0v) is 84.9. The summed E-state index contributed by atoms with van der Waals surface area (Å²) < 4.78 is 136. The normalized spacial score (nSPS) is 11.2. The number of para-hydroxylation sites is 3. The third kappa shape index (κ3) is 26.6. The number of benzene rings is 10. The fourth-order valence-electron chi connectivity index (χ4n) is 15.1. The van der Waals surface area contributed by atoms with Crippen LogP contribution in [0.4, 0.5) is 95.9 Å². The molecule has 19 aromatic rings. The molecule has 0 N–H and O–H groups in total. The van der Waals surface area contributed by atoms with Gasteiger partial charge in [0.2, 0.25) is 0 Å². The molecule has 0 fully saturated rings. The summed E-state index contributed by atoms with van der Waals surface area (Å²) in [6.07, 6.45) is -9.14. The molecular formula is C117H87F10N13NiPd2Pt. The molecule has 9 aromatic heterocycles. The average Bonchev–Trinajstić information content (AvgIpc) is 1.10. The summed E-state index contributed by atoms with van der Waals surface area (Å²) in [7, 11) is 0. The van der Waals surface area contributed by atoms with E-state index in [-0.39, 0.29) is 123 Å². The van der Waals surface area contributed by atoms with E-state index < -0.39 is 52.3 Å². The molecule has 730 valence electrons. The van der Waals surface area contributed by atoms with E-state index in [2.05, 4.69) is 96.7 Å². The first-order valence-electron chi connectivity index (χ1n) is 44.5. The fourth-order valence-corrected chi connectivity index (χ4v) is 15.1. The second-order valence-electron chi connectivity index (χ2n) is 34.9. The summed E-state index contributed by atoms with van der Waals surface area (Å²) in [6.45, 7) is 17.4. The quantitative estimate of drug-likeness (QED) is 0.0431. The number of aromatic nitrogens is 10. The van der Waals surface area contributed by atoms with E-state index in [1.165, 1.54) is 0 Å². The van der Waals surface area contributed by atoms with Gasteiger partial charge in [0.25, 0.3) is 0 Å². The molecule has 0 atom stereocenters. The summed E-state index contributed by atoms with van der Waals surface area (Å²) >= 11 is 0. The van der Waals surface area contributed by atoms with Crippen molar-refractivity contribution in [3.63, 3.8) is 0 Å². The van der Waals surface area contributed by atoms with Gasteiger partial charge in [-0.05, 0) is 178 Å². The molecule has 0 amide bonds. The number of alkyl halides is 6. The molecule has 9 heterocycles. The van der Waals surface area contributed by atoms with Crippen molar-refractivity contribution in [2.45, 2.75) is 90.9 Å². The standard InChI is InChI=1S/C33H34F6N4.C28H15F4N3.2C28H19N3.Ni.2Pd.Pt/c1-18-12-19(32(34,35)36)10-11-22(18)23-13-20(29(2,3)4)15-26(40-23)31(8,9)27-16-21(30(5,6)7)14-24(41-27)25-17-28(43-42-25)33(37,38)39;29-18-12-14-21(23(31)16-18)25-8-4-10-27(33-25)35(20-6-2-1-3-7-20)28-11-5-9-26(34-28)22-15-13-19(30)17-24(22)32;2*1-4-12-22(13-5-1)25-18-10-20-27(29-25)31(24-16-8-3-9-17-24)28-21-11-19-26(30-28)23-14-6-2-7-15-23;;;;/h10,12-17H,1-9H3;1-13,16-17H;2*1-12,14,16-21H;;;;/q4*-2;4*+2. The van der Waals surface area contributed by atoms with Gasteiger partial charge in [0.05, 0.1) is 11.4 Å². The predicted octanol–water partition coefficient (Wildman–Crippen LogP) is 30.4. The van der Waals surface area contributed by atoms with Crippen LogP contribution in [0.3, 0.4) is 0 Å². The molecule has 0 aliphatic carbocycles. The van der Waals surface area contributed by atoms with Gasteiger partial charge in [0.1, 0.15) is 40.6 Å². The number of halogens is 10. The Hall–Kier alpha value is -14.2. The maximum atomic E-state index is 14.4. The van der Waals surface area contributed by atoms with E-state index in [0.29, 0.717) is 45.5 Å². The van der Waals surface area contributed by atoms with Gasteiger partial charge in [-0.15, -0.1) is 197 Å². The molecule has 0 radical (unpaired) electrons. The van der Waals surface area contributed by atoms with Crippen LogP contribution in [0.1, 0.15) is 94.7 Å². The summed E-state index contributed by atoms with van der Waals surface area (Å²) in [4.78, 5) is 44.5. The molecule has 0 aliphatic rings. The zero-order chi connectivity index (χ0) is 98.5. The number of hydrogen-bond donors (Lipinski definition) is 0. The third-order valence-corrected chi connectivity index (χ3v) is 22.5. The molecule has 0 saturated carbocycles. The Labute approximate surface area is 882 Å². The second kappa shape index (κ2) is 47.8. The Kier molecular flexibility index (Phi) is 36.1. The molecular weight excluding hydrogens is 2240 g/mol. The van der Waals surface area contributed by atoms with Crippen molar-refractivity contribution in [3.05, 3.63) is 469 Å². The smallest absolute Gasteiger partial charge is 0.573 e. The minimum Gasteiger partial charge on any atom is -0.573 e. The minimum atomic E-state index is -4.64. The van der Waals surface area contributed by atoms with Crippen LogP contribution in [0.2, 0.25) is 0 Å². The van der Waals surface area contributed by atoms with Gasteiger partial charge in [0.15, 0.2) is 0 Å². The Morgan fingerprint density at radius 1 is 0.278 bits per heavy atom. The minimum absolute atomic E-state index is 0.